The van der Waals surface area contributed by atoms with Crippen LogP contribution in [0.2, 0.25) is 0 Å². The second kappa shape index (κ2) is 4.73. The van der Waals surface area contributed by atoms with Crippen molar-refractivity contribution in [3.05, 3.63) is 41.6 Å². The lowest BCUT2D eigenvalue weighted by Crippen LogP contribution is -2.16. The van der Waals surface area contributed by atoms with Gasteiger partial charge in [0, 0.05) is 5.69 Å². The normalized spacial score (nSPS) is 11.2. The summed E-state index contributed by atoms with van der Waals surface area (Å²) in [6, 6.07) is 6.65. The maximum absolute atomic E-state index is 12.0. The van der Waals surface area contributed by atoms with E-state index < -0.39 is 26.6 Å². The molecule has 100 valence electrons. The highest BCUT2D eigenvalue weighted by Crippen LogP contribution is 2.17. The lowest BCUT2D eigenvalue weighted by Gasteiger charge is -2.07. The van der Waals surface area contributed by atoms with E-state index in [1.54, 1.807) is 24.3 Å². The van der Waals surface area contributed by atoms with Gasteiger partial charge in [0.1, 0.15) is 5.56 Å². The minimum Gasteiger partial charge on any atom is -0.478 e. The maximum atomic E-state index is 12.0. The van der Waals surface area contributed by atoms with E-state index >= 15 is 0 Å². The number of aromatic amines is 1. The zero-order valence-electron chi connectivity index (χ0n) is 9.91. The van der Waals surface area contributed by atoms with Crippen molar-refractivity contribution < 1.29 is 18.3 Å². The first kappa shape index (κ1) is 13.1. The SMILES string of the molecule is Cc1ccc(NS(=O)(=O)c2[nH]ncc2C(=O)O)cc1. The van der Waals surface area contributed by atoms with Crippen molar-refractivity contribution in [2.45, 2.75) is 11.9 Å². The van der Waals surface area contributed by atoms with Crippen molar-refractivity contribution in [3.63, 3.8) is 0 Å². The molecule has 0 spiro atoms. The average Bonchev–Trinajstić information content (AvgIpc) is 2.82. The van der Waals surface area contributed by atoms with Gasteiger partial charge in [-0.05, 0) is 19.1 Å². The van der Waals surface area contributed by atoms with Gasteiger partial charge in [-0.25, -0.2) is 4.79 Å². The quantitative estimate of drug-likeness (QED) is 0.780. The second-order valence-electron chi connectivity index (χ2n) is 3.89. The highest BCUT2D eigenvalue weighted by molar-refractivity contribution is 7.92. The molecule has 0 radical (unpaired) electrons. The van der Waals surface area contributed by atoms with Gasteiger partial charge in [-0.2, -0.15) is 13.5 Å². The first-order valence-corrected chi connectivity index (χ1v) is 6.74. The van der Waals surface area contributed by atoms with E-state index in [1.165, 1.54) is 0 Å². The van der Waals surface area contributed by atoms with Crippen LogP contribution < -0.4 is 4.72 Å². The minimum absolute atomic E-state index is 0.344. The number of aromatic nitrogens is 2. The van der Waals surface area contributed by atoms with Gasteiger partial charge in [-0.1, -0.05) is 17.7 Å². The fraction of sp³-hybridized carbons (Fsp3) is 0.0909. The van der Waals surface area contributed by atoms with E-state index in [9.17, 15) is 13.2 Å². The van der Waals surface area contributed by atoms with Crippen LogP contribution in [0.5, 0.6) is 0 Å². The first-order chi connectivity index (χ1) is 8.90. The molecular weight excluding hydrogens is 270 g/mol. The second-order valence-corrected chi connectivity index (χ2v) is 5.51. The summed E-state index contributed by atoms with van der Waals surface area (Å²) in [6.07, 6.45) is 0.950. The van der Waals surface area contributed by atoms with Crippen molar-refractivity contribution in [1.29, 1.82) is 0 Å². The number of hydrogen-bond acceptors (Lipinski definition) is 4. The Morgan fingerprint density at radius 3 is 2.53 bits per heavy atom. The van der Waals surface area contributed by atoms with Gasteiger partial charge >= 0.3 is 5.97 Å². The first-order valence-electron chi connectivity index (χ1n) is 5.26. The van der Waals surface area contributed by atoms with Crippen LogP contribution in [0.1, 0.15) is 15.9 Å². The van der Waals surface area contributed by atoms with Gasteiger partial charge in [0.25, 0.3) is 10.0 Å². The number of sulfonamides is 1. The number of hydrogen-bond donors (Lipinski definition) is 3. The zero-order chi connectivity index (χ0) is 14.0. The fourth-order valence-corrected chi connectivity index (χ4v) is 2.61. The number of aryl methyl sites for hydroxylation is 1. The predicted molar refractivity (Wildman–Crippen MR) is 67.5 cm³/mol. The van der Waals surface area contributed by atoms with E-state index in [-0.39, 0.29) is 0 Å². The van der Waals surface area contributed by atoms with Crippen LogP contribution >= 0.6 is 0 Å². The number of nitrogens with one attached hydrogen (secondary N) is 2. The Morgan fingerprint density at radius 2 is 1.95 bits per heavy atom. The van der Waals surface area contributed by atoms with Crippen molar-refractivity contribution in [2.75, 3.05) is 4.72 Å². The molecule has 3 N–H and O–H groups in total. The Kier molecular flexibility index (Phi) is 3.26. The molecule has 0 saturated heterocycles. The number of anilines is 1. The fourth-order valence-electron chi connectivity index (χ4n) is 1.46. The molecule has 0 aliphatic rings. The Hall–Kier alpha value is -2.35. The Bertz CT molecular complexity index is 704. The summed E-state index contributed by atoms with van der Waals surface area (Å²) in [5, 5.41) is 14.0. The molecule has 1 aromatic carbocycles. The Morgan fingerprint density at radius 1 is 1.32 bits per heavy atom. The van der Waals surface area contributed by atoms with Crippen LogP contribution in [-0.4, -0.2) is 29.7 Å². The van der Waals surface area contributed by atoms with Gasteiger partial charge in [0.15, 0.2) is 5.03 Å². The summed E-state index contributed by atoms with van der Waals surface area (Å²) >= 11 is 0. The highest BCUT2D eigenvalue weighted by atomic mass is 32.2. The molecule has 0 atom stereocenters. The van der Waals surface area contributed by atoms with Crippen molar-refractivity contribution in [2.24, 2.45) is 0 Å². The molecule has 7 nitrogen and oxygen atoms in total. The number of benzene rings is 1. The summed E-state index contributed by atoms with van der Waals surface area (Å²) in [7, 11) is -4.01. The largest absolute Gasteiger partial charge is 0.478 e. The molecule has 0 bridgehead atoms. The summed E-state index contributed by atoms with van der Waals surface area (Å²) in [6.45, 7) is 1.87. The van der Waals surface area contributed by atoms with Crippen LogP contribution in [0.4, 0.5) is 5.69 Å². The summed E-state index contributed by atoms with van der Waals surface area (Å²) < 4.78 is 26.3. The Balaban J connectivity index is 2.35. The molecule has 8 heteroatoms. The molecule has 0 unspecified atom stereocenters. The molecule has 2 rings (SSSR count). The lowest BCUT2D eigenvalue weighted by atomic mass is 10.2. The number of H-pyrrole nitrogens is 1. The number of carboxylic acids is 1. The van der Waals surface area contributed by atoms with Gasteiger partial charge in [-0.3, -0.25) is 9.82 Å². The molecule has 0 fully saturated rings. The number of carboxylic acid groups (broad SMARTS) is 1. The number of carbonyl (C=O) groups is 1. The van der Waals surface area contributed by atoms with Crippen LogP contribution in [0.25, 0.3) is 0 Å². The summed E-state index contributed by atoms with van der Waals surface area (Å²) in [5.41, 5.74) is 0.923. The van der Waals surface area contributed by atoms with Gasteiger partial charge in [0.2, 0.25) is 0 Å². The molecule has 1 heterocycles. The van der Waals surface area contributed by atoms with Gasteiger partial charge < -0.3 is 5.11 Å². The third-order valence-electron chi connectivity index (χ3n) is 2.41. The van der Waals surface area contributed by atoms with Gasteiger partial charge in [0.05, 0.1) is 6.20 Å². The molecule has 0 aliphatic heterocycles. The average molecular weight is 281 g/mol. The number of rotatable bonds is 4. The van der Waals surface area contributed by atoms with Crippen LogP contribution in [0, 0.1) is 6.92 Å². The predicted octanol–water partition coefficient (Wildman–Crippen LogP) is 1.22. The van der Waals surface area contributed by atoms with Gasteiger partial charge in [-0.15, -0.1) is 0 Å². The monoisotopic (exact) mass is 281 g/mol. The lowest BCUT2D eigenvalue weighted by molar-refractivity contribution is 0.0692. The van der Waals surface area contributed by atoms with E-state index in [1.807, 2.05) is 6.92 Å². The molecule has 0 amide bonds. The van der Waals surface area contributed by atoms with E-state index in [0.29, 0.717) is 5.69 Å². The van der Waals surface area contributed by atoms with Crippen molar-refractivity contribution >= 4 is 21.7 Å². The number of nitrogens with zero attached hydrogens (tertiary/aromatic N) is 1. The molecule has 19 heavy (non-hydrogen) atoms. The van der Waals surface area contributed by atoms with E-state index in [4.69, 9.17) is 5.11 Å². The third-order valence-corrected chi connectivity index (χ3v) is 3.76. The zero-order valence-corrected chi connectivity index (χ0v) is 10.7. The molecule has 2 aromatic rings. The smallest absolute Gasteiger partial charge is 0.340 e. The van der Waals surface area contributed by atoms with E-state index in [2.05, 4.69) is 14.9 Å². The molecule has 0 aliphatic carbocycles. The Labute approximate surface area is 109 Å². The number of aromatic carboxylic acids is 1. The van der Waals surface area contributed by atoms with Crippen LogP contribution in [0.15, 0.2) is 35.5 Å². The maximum Gasteiger partial charge on any atom is 0.340 e. The summed E-state index contributed by atoms with van der Waals surface area (Å²) in [4.78, 5) is 10.9. The topological polar surface area (TPSA) is 112 Å². The van der Waals surface area contributed by atoms with E-state index in [0.717, 1.165) is 11.8 Å². The minimum atomic E-state index is -4.01. The van der Waals surface area contributed by atoms with Crippen molar-refractivity contribution in [1.82, 2.24) is 10.2 Å². The van der Waals surface area contributed by atoms with Crippen LogP contribution in [0.3, 0.4) is 0 Å². The molecule has 1 aromatic heterocycles. The van der Waals surface area contributed by atoms with Crippen LogP contribution in [-0.2, 0) is 10.0 Å². The standard InChI is InChI=1S/C11H11N3O4S/c1-7-2-4-8(5-3-7)14-19(17,18)10-9(11(15)16)6-12-13-10/h2-6,14H,1H3,(H,12,13)(H,15,16). The third kappa shape index (κ3) is 2.74. The molecular formula is C11H11N3O4S. The summed E-state index contributed by atoms with van der Waals surface area (Å²) in [5.74, 6) is -1.36. The molecule has 0 saturated carbocycles. The highest BCUT2D eigenvalue weighted by Gasteiger charge is 2.24. The van der Waals surface area contributed by atoms with Crippen molar-refractivity contribution in [3.8, 4) is 0 Å².